The minimum atomic E-state index is -0.405. The van der Waals surface area contributed by atoms with Crippen LogP contribution in [0.15, 0.2) is 60.8 Å². The third-order valence-electron chi connectivity index (χ3n) is 3.09. The van der Waals surface area contributed by atoms with Crippen molar-refractivity contribution in [2.75, 3.05) is 10.6 Å². The van der Waals surface area contributed by atoms with Gasteiger partial charge < -0.3 is 10.6 Å². The lowest BCUT2D eigenvalue weighted by Gasteiger charge is -2.09. The Morgan fingerprint density at radius 1 is 1.00 bits per heavy atom. The van der Waals surface area contributed by atoms with E-state index in [4.69, 9.17) is 23.2 Å². The first-order chi connectivity index (χ1) is 11.6. The number of anilines is 3. The van der Waals surface area contributed by atoms with Crippen molar-refractivity contribution in [3.05, 3.63) is 76.5 Å². The molecule has 0 spiro atoms. The van der Waals surface area contributed by atoms with Crippen molar-refractivity contribution in [1.82, 2.24) is 9.97 Å². The molecule has 2 aromatic carbocycles. The molecule has 0 saturated carbocycles. The molecule has 2 N–H and O–H groups in total. The molecule has 3 rings (SSSR count). The number of carbonyl (C=O) groups excluding carboxylic acids is 1. The van der Waals surface area contributed by atoms with Crippen molar-refractivity contribution in [3.8, 4) is 0 Å². The molecule has 1 heterocycles. The highest BCUT2D eigenvalue weighted by atomic mass is 35.5. The first-order valence-electron chi connectivity index (χ1n) is 7.03. The zero-order valence-electron chi connectivity index (χ0n) is 12.3. The number of amides is 1. The van der Waals surface area contributed by atoms with Crippen LogP contribution in [-0.4, -0.2) is 15.9 Å². The van der Waals surface area contributed by atoms with E-state index in [2.05, 4.69) is 20.6 Å². The second kappa shape index (κ2) is 7.29. The maximum absolute atomic E-state index is 12.4. The Kier molecular flexibility index (Phi) is 4.93. The number of para-hydroxylation sites is 1. The third kappa shape index (κ3) is 4.01. The molecule has 0 unspecified atom stereocenters. The Labute approximate surface area is 148 Å². The second-order valence-corrected chi connectivity index (χ2v) is 5.68. The molecule has 5 nitrogen and oxygen atoms in total. The summed E-state index contributed by atoms with van der Waals surface area (Å²) in [5.74, 6) is -0.0799. The second-order valence-electron chi connectivity index (χ2n) is 4.83. The number of aromatic nitrogens is 2. The topological polar surface area (TPSA) is 66.9 Å². The van der Waals surface area contributed by atoms with Crippen LogP contribution in [0, 0.1) is 0 Å². The lowest BCUT2D eigenvalue weighted by Crippen LogP contribution is -2.15. The van der Waals surface area contributed by atoms with Gasteiger partial charge in [-0.15, -0.1) is 0 Å². The maximum Gasteiger partial charge on any atom is 0.274 e. The van der Waals surface area contributed by atoms with E-state index in [1.54, 1.807) is 18.2 Å². The number of hydrogen-bond acceptors (Lipinski definition) is 4. The Morgan fingerprint density at radius 2 is 1.79 bits per heavy atom. The summed E-state index contributed by atoms with van der Waals surface area (Å²) in [5, 5.41) is 6.59. The molecule has 0 fully saturated rings. The van der Waals surface area contributed by atoms with Crippen LogP contribution in [0.2, 0.25) is 10.0 Å². The van der Waals surface area contributed by atoms with Crippen LogP contribution in [0.4, 0.5) is 17.3 Å². The molecule has 7 heteroatoms. The van der Waals surface area contributed by atoms with Gasteiger partial charge in [-0.3, -0.25) is 4.79 Å². The monoisotopic (exact) mass is 358 g/mol. The Balaban J connectivity index is 1.78. The van der Waals surface area contributed by atoms with Crippen LogP contribution in [0.3, 0.4) is 0 Å². The fourth-order valence-corrected chi connectivity index (χ4v) is 2.31. The van der Waals surface area contributed by atoms with Gasteiger partial charge in [0.25, 0.3) is 5.91 Å². The van der Waals surface area contributed by atoms with Gasteiger partial charge in [-0.25, -0.2) is 9.97 Å². The van der Waals surface area contributed by atoms with Crippen LogP contribution < -0.4 is 10.6 Å². The van der Waals surface area contributed by atoms with E-state index in [9.17, 15) is 4.79 Å². The molecule has 0 radical (unpaired) electrons. The van der Waals surface area contributed by atoms with Crippen molar-refractivity contribution in [2.24, 2.45) is 0 Å². The third-order valence-corrected chi connectivity index (χ3v) is 3.66. The summed E-state index contributed by atoms with van der Waals surface area (Å²) >= 11 is 12.0. The molecule has 1 aromatic heterocycles. The molecule has 1 amide bonds. The molecule has 0 atom stereocenters. The van der Waals surface area contributed by atoms with Gasteiger partial charge in [-0.05, 0) is 36.4 Å². The van der Waals surface area contributed by atoms with Crippen molar-refractivity contribution in [3.63, 3.8) is 0 Å². The molecular weight excluding hydrogens is 347 g/mol. The summed E-state index contributed by atoms with van der Waals surface area (Å²) in [7, 11) is 0. The molecule has 3 aromatic rings. The number of benzene rings is 2. The minimum absolute atomic E-state index is 0.208. The highest BCUT2D eigenvalue weighted by molar-refractivity contribution is 6.35. The summed E-state index contributed by atoms with van der Waals surface area (Å²) in [6.07, 6.45) is 1.51. The Morgan fingerprint density at radius 3 is 2.58 bits per heavy atom. The summed E-state index contributed by atoms with van der Waals surface area (Å²) in [5.41, 5.74) is 1.46. The van der Waals surface area contributed by atoms with Crippen molar-refractivity contribution < 1.29 is 4.79 Å². The molecule has 24 heavy (non-hydrogen) atoms. The van der Waals surface area contributed by atoms with Gasteiger partial charge in [0, 0.05) is 16.9 Å². The van der Waals surface area contributed by atoms with E-state index in [0.29, 0.717) is 21.7 Å². The Hall–Kier alpha value is -2.63. The quantitative estimate of drug-likeness (QED) is 0.704. The molecule has 120 valence electrons. The van der Waals surface area contributed by atoms with Crippen molar-refractivity contribution in [1.29, 1.82) is 0 Å². The lowest BCUT2D eigenvalue weighted by atomic mass is 10.3. The number of nitrogens with zero attached hydrogens (tertiary/aromatic N) is 2. The number of rotatable bonds is 4. The van der Waals surface area contributed by atoms with Crippen molar-refractivity contribution >= 4 is 46.4 Å². The van der Waals surface area contributed by atoms with Gasteiger partial charge in [0.05, 0.1) is 10.7 Å². The SMILES string of the molecule is O=C(Nc1cc(Cl)ccc1Cl)c1ccnc(Nc2ccccc2)n1. The van der Waals surface area contributed by atoms with Crippen LogP contribution in [0.25, 0.3) is 0 Å². The van der Waals surface area contributed by atoms with E-state index in [-0.39, 0.29) is 5.69 Å². The summed E-state index contributed by atoms with van der Waals surface area (Å²) < 4.78 is 0. The molecule has 0 bridgehead atoms. The fraction of sp³-hybridized carbons (Fsp3) is 0. The van der Waals surface area contributed by atoms with Gasteiger partial charge in [-0.2, -0.15) is 0 Å². The van der Waals surface area contributed by atoms with Gasteiger partial charge in [0.15, 0.2) is 0 Å². The predicted molar refractivity (Wildman–Crippen MR) is 96.2 cm³/mol. The Bertz CT molecular complexity index is 871. The first kappa shape index (κ1) is 16.2. The molecule has 0 aliphatic heterocycles. The molecule has 0 aliphatic carbocycles. The van der Waals surface area contributed by atoms with Gasteiger partial charge >= 0.3 is 0 Å². The van der Waals surface area contributed by atoms with Crippen LogP contribution in [0.5, 0.6) is 0 Å². The van der Waals surface area contributed by atoms with E-state index >= 15 is 0 Å². The zero-order chi connectivity index (χ0) is 16.9. The highest BCUT2D eigenvalue weighted by Crippen LogP contribution is 2.25. The van der Waals surface area contributed by atoms with E-state index in [1.165, 1.54) is 12.3 Å². The highest BCUT2D eigenvalue weighted by Gasteiger charge is 2.11. The normalized spacial score (nSPS) is 10.2. The number of nitrogens with one attached hydrogen (secondary N) is 2. The van der Waals surface area contributed by atoms with Crippen LogP contribution in [0.1, 0.15) is 10.5 Å². The summed E-state index contributed by atoms with van der Waals surface area (Å²) in [6, 6.07) is 15.8. The largest absolute Gasteiger partial charge is 0.324 e. The zero-order valence-corrected chi connectivity index (χ0v) is 13.8. The minimum Gasteiger partial charge on any atom is -0.324 e. The number of halogens is 2. The summed E-state index contributed by atoms with van der Waals surface area (Å²) in [4.78, 5) is 20.7. The average Bonchev–Trinajstić information content (AvgIpc) is 2.59. The summed E-state index contributed by atoms with van der Waals surface area (Å²) in [6.45, 7) is 0. The van der Waals surface area contributed by atoms with Gasteiger partial charge in [0.1, 0.15) is 5.69 Å². The number of carbonyl (C=O) groups is 1. The lowest BCUT2D eigenvalue weighted by molar-refractivity contribution is 0.102. The number of hydrogen-bond donors (Lipinski definition) is 2. The average molecular weight is 359 g/mol. The van der Waals surface area contributed by atoms with Gasteiger partial charge in [0.2, 0.25) is 5.95 Å². The maximum atomic E-state index is 12.4. The van der Waals surface area contributed by atoms with Crippen molar-refractivity contribution in [2.45, 2.75) is 0 Å². The van der Waals surface area contributed by atoms with Crippen LogP contribution >= 0.6 is 23.2 Å². The van der Waals surface area contributed by atoms with E-state index in [0.717, 1.165) is 5.69 Å². The van der Waals surface area contributed by atoms with Gasteiger partial charge in [-0.1, -0.05) is 41.4 Å². The van der Waals surface area contributed by atoms with E-state index in [1.807, 2.05) is 30.3 Å². The molecule has 0 saturated heterocycles. The first-order valence-corrected chi connectivity index (χ1v) is 7.79. The molecular formula is C17H12Cl2N4O. The standard InChI is InChI=1S/C17H12Cl2N4O/c18-11-6-7-13(19)15(10-11)22-16(24)14-8-9-20-17(23-14)21-12-4-2-1-3-5-12/h1-10H,(H,22,24)(H,20,21,23). The predicted octanol–water partition coefficient (Wildman–Crippen LogP) is 4.78. The van der Waals surface area contributed by atoms with Crippen LogP contribution in [-0.2, 0) is 0 Å². The van der Waals surface area contributed by atoms with E-state index < -0.39 is 5.91 Å². The molecule has 0 aliphatic rings. The smallest absolute Gasteiger partial charge is 0.274 e. The fourth-order valence-electron chi connectivity index (χ4n) is 1.98.